The smallest absolute Gasteiger partial charge is 0.326 e. The number of nitrogens with two attached hydrogens (primary N) is 3. The van der Waals surface area contributed by atoms with Gasteiger partial charge in [0.15, 0.2) is 0 Å². The third-order valence-corrected chi connectivity index (χ3v) is 5.31. The Morgan fingerprint density at radius 2 is 1.37 bits per heavy atom. The van der Waals surface area contributed by atoms with Crippen LogP contribution in [0.15, 0.2) is 42.9 Å². The average Bonchev–Trinajstić information content (AvgIpc) is 3.35. The number of hydrogen-bond donors (Lipinski definition) is 8. The molecule has 0 aliphatic rings. The van der Waals surface area contributed by atoms with E-state index in [-0.39, 0.29) is 12.8 Å². The van der Waals surface area contributed by atoms with Gasteiger partial charge in [-0.25, -0.2) is 9.78 Å². The maximum Gasteiger partial charge on any atom is 0.326 e. The number of primary amides is 2. The van der Waals surface area contributed by atoms with Crippen molar-refractivity contribution in [2.75, 3.05) is 0 Å². The highest BCUT2D eigenvalue weighted by molar-refractivity contribution is 5.96. The van der Waals surface area contributed by atoms with Crippen LogP contribution in [0.2, 0.25) is 0 Å². The zero-order valence-electron chi connectivity index (χ0n) is 20.3. The van der Waals surface area contributed by atoms with E-state index in [0.29, 0.717) is 11.3 Å². The first-order valence-electron chi connectivity index (χ1n) is 11.4. The van der Waals surface area contributed by atoms with Gasteiger partial charge in [0, 0.05) is 24.7 Å². The summed E-state index contributed by atoms with van der Waals surface area (Å²) in [6.45, 7) is 0. The van der Waals surface area contributed by atoms with Gasteiger partial charge in [0.25, 0.3) is 0 Å². The predicted octanol–water partition coefficient (Wildman–Crippen LogP) is -3.19. The van der Waals surface area contributed by atoms with Crippen LogP contribution in [0.4, 0.5) is 0 Å². The Morgan fingerprint density at radius 3 is 1.92 bits per heavy atom. The zero-order chi connectivity index (χ0) is 28.2. The van der Waals surface area contributed by atoms with Crippen molar-refractivity contribution in [3.8, 4) is 0 Å². The predicted molar refractivity (Wildman–Crippen MR) is 131 cm³/mol. The van der Waals surface area contributed by atoms with Gasteiger partial charge in [-0.05, 0) is 5.56 Å². The van der Waals surface area contributed by atoms with Crippen LogP contribution in [-0.2, 0) is 41.6 Å². The van der Waals surface area contributed by atoms with E-state index >= 15 is 0 Å². The molecule has 4 unspecified atom stereocenters. The molecule has 0 aliphatic heterocycles. The number of aliphatic carboxylic acids is 1. The third-order valence-electron chi connectivity index (χ3n) is 5.31. The van der Waals surface area contributed by atoms with Gasteiger partial charge in [0.1, 0.15) is 18.1 Å². The summed E-state index contributed by atoms with van der Waals surface area (Å²) >= 11 is 0. The molecule has 15 heteroatoms. The quantitative estimate of drug-likeness (QED) is 0.115. The minimum Gasteiger partial charge on any atom is -0.480 e. The van der Waals surface area contributed by atoms with Crippen LogP contribution >= 0.6 is 0 Å². The number of amides is 5. The van der Waals surface area contributed by atoms with Crippen LogP contribution in [0.25, 0.3) is 0 Å². The first-order valence-corrected chi connectivity index (χ1v) is 11.4. The number of rotatable bonds is 15. The number of aromatic nitrogens is 2. The molecule has 5 amide bonds. The van der Waals surface area contributed by atoms with Gasteiger partial charge in [-0.2, -0.15) is 0 Å². The Bertz CT molecular complexity index is 1140. The highest BCUT2D eigenvalue weighted by Crippen LogP contribution is 2.06. The number of hydrogen-bond acceptors (Lipinski definition) is 8. The van der Waals surface area contributed by atoms with Crippen molar-refractivity contribution >= 4 is 35.5 Å². The maximum atomic E-state index is 13.1. The molecule has 204 valence electrons. The molecular formula is C23H30N8O7. The molecule has 1 aromatic carbocycles. The first kappa shape index (κ1) is 29.4. The molecule has 11 N–H and O–H groups in total. The van der Waals surface area contributed by atoms with Crippen molar-refractivity contribution in [2.24, 2.45) is 17.2 Å². The molecule has 0 bridgehead atoms. The lowest BCUT2D eigenvalue weighted by Gasteiger charge is -2.24. The molecule has 0 saturated heterocycles. The number of carbonyl (C=O) groups excluding carboxylic acids is 5. The minimum absolute atomic E-state index is 0.0617. The summed E-state index contributed by atoms with van der Waals surface area (Å²) < 4.78 is 0. The molecule has 1 aromatic heterocycles. The van der Waals surface area contributed by atoms with Crippen LogP contribution < -0.4 is 33.2 Å². The molecule has 0 fully saturated rings. The van der Waals surface area contributed by atoms with E-state index in [0.717, 1.165) is 0 Å². The third kappa shape index (κ3) is 9.69. The molecule has 2 aromatic rings. The lowest BCUT2D eigenvalue weighted by molar-refractivity contribution is -0.143. The number of nitrogens with one attached hydrogen (secondary N) is 4. The Morgan fingerprint density at radius 1 is 0.816 bits per heavy atom. The summed E-state index contributed by atoms with van der Waals surface area (Å²) in [6, 6.07) is 2.86. The molecule has 0 spiro atoms. The number of nitrogens with zero attached hydrogens (tertiary/aromatic N) is 1. The maximum absolute atomic E-state index is 13.1. The summed E-state index contributed by atoms with van der Waals surface area (Å²) in [6.07, 6.45) is 1.56. The van der Waals surface area contributed by atoms with E-state index in [1.165, 1.54) is 12.5 Å². The number of imidazole rings is 1. The number of H-pyrrole nitrogens is 1. The molecular weight excluding hydrogens is 500 g/mol. The normalized spacial score (nSPS) is 13.8. The van der Waals surface area contributed by atoms with Gasteiger partial charge < -0.3 is 43.2 Å². The van der Waals surface area contributed by atoms with Gasteiger partial charge in [0.05, 0.1) is 25.2 Å². The van der Waals surface area contributed by atoms with Crippen molar-refractivity contribution in [3.05, 3.63) is 54.1 Å². The lowest BCUT2D eigenvalue weighted by Crippen LogP contribution is -2.58. The standard InChI is InChI=1S/C23H30N8O7/c24-14(7-13-10-27-11-28-13)20(34)29-16(8-18(25)32)22(36)30-15(6-12-4-2-1-3-5-12)21(35)31-17(23(37)38)9-19(26)33/h1-5,10-11,14-17H,6-9,24H2,(H2,25,32)(H2,26,33)(H,27,28)(H,29,34)(H,30,36)(H,31,35)(H,37,38). The van der Waals surface area contributed by atoms with E-state index in [9.17, 15) is 33.9 Å². The Labute approximate surface area is 216 Å². The summed E-state index contributed by atoms with van der Waals surface area (Å²) in [5.74, 6) is -6.02. The number of aromatic amines is 1. The van der Waals surface area contributed by atoms with Crippen LogP contribution in [0.1, 0.15) is 24.1 Å². The lowest BCUT2D eigenvalue weighted by atomic mass is 10.0. The van der Waals surface area contributed by atoms with E-state index in [2.05, 4.69) is 25.9 Å². The number of carboxylic acid groups (broad SMARTS) is 1. The Balaban J connectivity index is 2.20. The summed E-state index contributed by atoms with van der Waals surface area (Å²) in [4.78, 5) is 79.6. The number of benzene rings is 1. The van der Waals surface area contributed by atoms with Crippen molar-refractivity contribution in [1.29, 1.82) is 0 Å². The van der Waals surface area contributed by atoms with Gasteiger partial charge in [0.2, 0.25) is 29.5 Å². The van der Waals surface area contributed by atoms with Crippen LogP contribution in [0, 0.1) is 0 Å². The SMILES string of the molecule is NC(=O)CC(NC(=O)C(Cc1ccccc1)NC(=O)C(CC(N)=O)NC(=O)C(N)Cc1cnc[nH]1)C(=O)O. The minimum atomic E-state index is -1.64. The van der Waals surface area contributed by atoms with E-state index < -0.39 is 72.5 Å². The molecule has 1 heterocycles. The summed E-state index contributed by atoms with van der Waals surface area (Å²) in [5.41, 5.74) is 17.4. The highest BCUT2D eigenvalue weighted by Gasteiger charge is 2.31. The van der Waals surface area contributed by atoms with Crippen molar-refractivity contribution in [2.45, 2.75) is 49.9 Å². The topological polar surface area (TPSA) is 265 Å². The van der Waals surface area contributed by atoms with E-state index in [1.54, 1.807) is 30.3 Å². The van der Waals surface area contributed by atoms with Gasteiger partial charge >= 0.3 is 5.97 Å². The van der Waals surface area contributed by atoms with Gasteiger partial charge in [-0.15, -0.1) is 0 Å². The molecule has 2 rings (SSSR count). The number of carboxylic acids is 1. The fourth-order valence-corrected chi connectivity index (χ4v) is 3.42. The van der Waals surface area contributed by atoms with Crippen molar-refractivity contribution in [3.63, 3.8) is 0 Å². The Hall–Kier alpha value is -4.79. The van der Waals surface area contributed by atoms with Gasteiger partial charge in [-0.3, -0.25) is 24.0 Å². The van der Waals surface area contributed by atoms with Crippen LogP contribution in [-0.4, -0.2) is 74.7 Å². The summed E-state index contributed by atoms with van der Waals surface area (Å²) in [5, 5.41) is 16.3. The van der Waals surface area contributed by atoms with Crippen molar-refractivity contribution in [1.82, 2.24) is 25.9 Å². The Kier molecular flexibility index (Phi) is 10.9. The molecule has 0 aliphatic carbocycles. The van der Waals surface area contributed by atoms with E-state index in [4.69, 9.17) is 17.2 Å². The largest absolute Gasteiger partial charge is 0.480 e. The van der Waals surface area contributed by atoms with E-state index in [1.807, 2.05) is 0 Å². The summed E-state index contributed by atoms with van der Waals surface area (Å²) in [7, 11) is 0. The second-order valence-electron chi connectivity index (χ2n) is 8.44. The molecule has 4 atom stereocenters. The first-order chi connectivity index (χ1) is 18.0. The molecule has 15 nitrogen and oxygen atoms in total. The zero-order valence-corrected chi connectivity index (χ0v) is 20.3. The molecule has 38 heavy (non-hydrogen) atoms. The van der Waals surface area contributed by atoms with Crippen LogP contribution in [0.3, 0.4) is 0 Å². The fraction of sp³-hybridized carbons (Fsp3) is 0.348. The average molecular weight is 531 g/mol. The second kappa shape index (κ2) is 14.1. The van der Waals surface area contributed by atoms with Crippen molar-refractivity contribution < 1.29 is 33.9 Å². The second-order valence-corrected chi connectivity index (χ2v) is 8.44. The fourth-order valence-electron chi connectivity index (χ4n) is 3.42. The molecule has 0 saturated carbocycles. The number of carbonyl (C=O) groups is 6. The van der Waals surface area contributed by atoms with Gasteiger partial charge in [-0.1, -0.05) is 30.3 Å². The highest BCUT2D eigenvalue weighted by atomic mass is 16.4. The monoisotopic (exact) mass is 530 g/mol. The van der Waals surface area contributed by atoms with Crippen LogP contribution in [0.5, 0.6) is 0 Å². The molecule has 0 radical (unpaired) electrons.